The first-order chi connectivity index (χ1) is 15.2. The number of ether oxygens (including phenoxy) is 2. The molecule has 2 aromatic rings. The number of non-ortho nitro benzene ring substituents is 1. The lowest BCUT2D eigenvalue weighted by molar-refractivity contribution is -0.384. The van der Waals surface area contributed by atoms with Gasteiger partial charge in [-0.05, 0) is 43.2 Å². The lowest BCUT2D eigenvalue weighted by Crippen LogP contribution is -2.53. The van der Waals surface area contributed by atoms with E-state index in [4.69, 9.17) is 21.1 Å². The molecular weight excluding hydrogens is 436 g/mol. The van der Waals surface area contributed by atoms with Gasteiger partial charge in [0.05, 0.1) is 16.9 Å². The van der Waals surface area contributed by atoms with Gasteiger partial charge in [0.1, 0.15) is 17.1 Å². The fourth-order valence-electron chi connectivity index (χ4n) is 4.34. The van der Waals surface area contributed by atoms with Gasteiger partial charge in [-0.2, -0.15) is 0 Å². The number of halogens is 1. The standard InChI is InChI=1S/C23H23ClN2O6/c1-14-11-19-21(15(2)22(14)24)18(27)12-23(32-19)7-9-25(10-8-23)20(28)13-31-17-5-3-16(4-6-17)26(29)30/h3-6,11H,7-10,12-13H2,1-2H3. The fourth-order valence-corrected chi connectivity index (χ4v) is 4.49. The Morgan fingerprint density at radius 3 is 2.53 bits per heavy atom. The van der Waals surface area contributed by atoms with Crippen LogP contribution in [-0.2, 0) is 4.79 Å². The number of carbonyl (C=O) groups excluding carboxylic acids is 2. The molecule has 0 bridgehead atoms. The summed E-state index contributed by atoms with van der Waals surface area (Å²) in [6, 6.07) is 7.41. The van der Waals surface area contributed by atoms with Crippen LogP contribution in [0.25, 0.3) is 0 Å². The van der Waals surface area contributed by atoms with Crippen molar-refractivity contribution in [1.29, 1.82) is 0 Å². The molecule has 0 saturated carbocycles. The Hall–Kier alpha value is -3.13. The van der Waals surface area contributed by atoms with Crippen molar-refractivity contribution < 1.29 is 24.0 Å². The van der Waals surface area contributed by atoms with E-state index < -0.39 is 10.5 Å². The molecule has 1 amide bonds. The third-order valence-corrected chi connectivity index (χ3v) is 6.75. The third kappa shape index (κ3) is 4.14. The van der Waals surface area contributed by atoms with Crippen LogP contribution >= 0.6 is 11.6 Å². The van der Waals surface area contributed by atoms with Gasteiger partial charge in [-0.25, -0.2) is 0 Å². The number of fused-ring (bicyclic) bond motifs is 1. The van der Waals surface area contributed by atoms with E-state index in [1.807, 2.05) is 19.9 Å². The van der Waals surface area contributed by atoms with E-state index in [9.17, 15) is 19.7 Å². The molecule has 0 atom stereocenters. The Morgan fingerprint density at radius 2 is 1.91 bits per heavy atom. The number of nitro benzene ring substituents is 1. The largest absolute Gasteiger partial charge is 0.486 e. The number of ketones is 1. The summed E-state index contributed by atoms with van der Waals surface area (Å²) in [6.07, 6.45) is 1.35. The van der Waals surface area contributed by atoms with Crippen LogP contribution < -0.4 is 9.47 Å². The molecule has 2 aliphatic rings. The van der Waals surface area contributed by atoms with Crippen LogP contribution in [0.2, 0.25) is 5.02 Å². The Bertz CT molecular complexity index is 1090. The minimum atomic E-state index is -0.618. The summed E-state index contributed by atoms with van der Waals surface area (Å²) < 4.78 is 11.8. The highest BCUT2D eigenvalue weighted by Gasteiger charge is 2.44. The number of rotatable bonds is 4. The zero-order valence-corrected chi connectivity index (χ0v) is 18.6. The number of amides is 1. The van der Waals surface area contributed by atoms with Crippen molar-refractivity contribution in [3.05, 3.63) is 62.2 Å². The molecule has 0 N–H and O–H groups in total. The summed E-state index contributed by atoms with van der Waals surface area (Å²) in [4.78, 5) is 37.4. The summed E-state index contributed by atoms with van der Waals surface area (Å²) in [7, 11) is 0. The number of hydrogen-bond donors (Lipinski definition) is 0. The summed E-state index contributed by atoms with van der Waals surface area (Å²) >= 11 is 6.31. The van der Waals surface area contributed by atoms with E-state index in [-0.39, 0.29) is 30.4 Å². The van der Waals surface area contributed by atoms with Crippen molar-refractivity contribution in [2.45, 2.75) is 38.7 Å². The van der Waals surface area contributed by atoms with Gasteiger partial charge in [0, 0.05) is 43.1 Å². The predicted octanol–water partition coefficient (Wildman–Crippen LogP) is 4.27. The second-order valence-corrected chi connectivity index (χ2v) is 8.69. The van der Waals surface area contributed by atoms with Crippen LogP contribution in [0, 0.1) is 24.0 Å². The van der Waals surface area contributed by atoms with E-state index in [0.29, 0.717) is 48.0 Å². The first-order valence-corrected chi connectivity index (χ1v) is 10.7. The minimum absolute atomic E-state index is 0.0203. The van der Waals surface area contributed by atoms with Gasteiger partial charge >= 0.3 is 0 Å². The number of nitro groups is 1. The van der Waals surface area contributed by atoms with E-state index in [2.05, 4.69) is 0 Å². The first-order valence-electron chi connectivity index (χ1n) is 10.4. The number of likely N-dealkylation sites (tertiary alicyclic amines) is 1. The average molecular weight is 459 g/mol. The average Bonchev–Trinajstić information content (AvgIpc) is 2.76. The molecular formula is C23H23ClN2O6. The maximum Gasteiger partial charge on any atom is 0.269 e. The normalized spacial score (nSPS) is 17.0. The SMILES string of the molecule is Cc1cc2c(c(C)c1Cl)C(=O)CC1(CCN(C(=O)COc3ccc([N+](=O)[O-])cc3)CC1)O2. The van der Waals surface area contributed by atoms with Crippen molar-refractivity contribution in [3.8, 4) is 11.5 Å². The lowest BCUT2D eigenvalue weighted by atomic mass is 9.81. The molecule has 0 radical (unpaired) electrons. The number of carbonyl (C=O) groups is 2. The van der Waals surface area contributed by atoms with Gasteiger partial charge in [0.2, 0.25) is 0 Å². The van der Waals surface area contributed by atoms with Crippen LogP contribution in [0.4, 0.5) is 5.69 Å². The molecule has 1 saturated heterocycles. The Labute approximate surface area is 190 Å². The molecule has 168 valence electrons. The summed E-state index contributed by atoms with van der Waals surface area (Å²) in [5.74, 6) is 0.799. The number of benzene rings is 2. The van der Waals surface area contributed by atoms with Crippen molar-refractivity contribution in [2.24, 2.45) is 0 Å². The smallest absolute Gasteiger partial charge is 0.269 e. The van der Waals surface area contributed by atoms with Crippen molar-refractivity contribution in [1.82, 2.24) is 4.90 Å². The van der Waals surface area contributed by atoms with Gasteiger partial charge in [-0.1, -0.05) is 11.6 Å². The first kappa shape index (κ1) is 22.1. The van der Waals surface area contributed by atoms with E-state index in [1.165, 1.54) is 24.3 Å². The van der Waals surface area contributed by atoms with E-state index in [1.54, 1.807) is 4.90 Å². The second kappa shape index (κ2) is 8.43. The summed E-state index contributed by atoms with van der Waals surface area (Å²) in [6.45, 7) is 4.47. The zero-order chi connectivity index (χ0) is 23.0. The third-order valence-electron chi connectivity index (χ3n) is 6.17. The highest BCUT2D eigenvalue weighted by molar-refractivity contribution is 6.32. The Balaban J connectivity index is 1.37. The summed E-state index contributed by atoms with van der Waals surface area (Å²) in [5, 5.41) is 11.3. The van der Waals surface area contributed by atoms with Crippen molar-refractivity contribution in [3.63, 3.8) is 0 Å². The van der Waals surface area contributed by atoms with Gasteiger partial charge in [0.25, 0.3) is 11.6 Å². The Kier molecular flexibility index (Phi) is 5.81. The topological polar surface area (TPSA) is 99.0 Å². The molecule has 0 aliphatic carbocycles. The molecule has 2 heterocycles. The molecule has 32 heavy (non-hydrogen) atoms. The van der Waals surface area contributed by atoms with Gasteiger partial charge in [0.15, 0.2) is 12.4 Å². The van der Waals surface area contributed by atoms with Gasteiger partial charge < -0.3 is 14.4 Å². The molecule has 2 aliphatic heterocycles. The molecule has 2 aromatic carbocycles. The van der Waals surface area contributed by atoms with E-state index in [0.717, 1.165) is 11.1 Å². The molecule has 1 fully saturated rings. The molecule has 0 unspecified atom stereocenters. The van der Waals surface area contributed by atoms with Gasteiger partial charge in [-0.3, -0.25) is 19.7 Å². The van der Waals surface area contributed by atoms with Crippen molar-refractivity contribution in [2.75, 3.05) is 19.7 Å². The lowest BCUT2D eigenvalue weighted by Gasteiger charge is -2.44. The number of Topliss-reactive ketones (excluding diaryl/α,β-unsaturated/α-hetero) is 1. The van der Waals surface area contributed by atoms with Crippen LogP contribution in [0.5, 0.6) is 11.5 Å². The summed E-state index contributed by atoms with van der Waals surface area (Å²) in [5.41, 5.74) is 1.51. The molecule has 9 heteroatoms. The monoisotopic (exact) mass is 458 g/mol. The van der Waals surface area contributed by atoms with Crippen LogP contribution in [0.15, 0.2) is 30.3 Å². The number of aryl methyl sites for hydroxylation is 1. The molecule has 4 rings (SSSR count). The quantitative estimate of drug-likeness (QED) is 0.501. The Morgan fingerprint density at radius 1 is 1.25 bits per heavy atom. The maximum absolute atomic E-state index is 12.9. The highest BCUT2D eigenvalue weighted by Crippen LogP contribution is 2.43. The highest BCUT2D eigenvalue weighted by atomic mass is 35.5. The number of piperidine rings is 1. The van der Waals surface area contributed by atoms with Crippen LogP contribution in [-0.4, -0.2) is 46.8 Å². The number of hydrogen-bond acceptors (Lipinski definition) is 6. The molecule has 0 aromatic heterocycles. The predicted molar refractivity (Wildman–Crippen MR) is 118 cm³/mol. The molecule has 1 spiro atoms. The van der Waals surface area contributed by atoms with Crippen LogP contribution in [0.3, 0.4) is 0 Å². The molecule has 8 nitrogen and oxygen atoms in total. The van der Waals surface area contributed by atoms with Crippen LogP contribution in [0.1, 0.15) is 40.7 Å². The van der Waals surface area contributed by atoms with Gasteiger partial charge in [-0.15, -0.1) is 0 Å². The number of nitrogens with zero attached hydrogens (tertiary/aromatic N) is 2. The second-order valence-electron chi connectivity index (χ2n) is 8.31. The van der Waals surface area contributed by atoms with Crippen molar-refractivity contribution >= 4 is 29.0 Å². The minimum Gasteiger partial charge on any atom is -0.486 e. The van der Waals surface area contributed by atoms with E-state index >= 15 is 0 Å². The fraction of sp³-hybridized carbons (Fsp3) is 0.391. The zero-order valence-electron chi connectivity index (χ0n) is 17.9. The maximum atomic E-state index is 12.9.